The van der Waals surface area contributed by atoms with Gasteiger partial charge in [-0.25, -0.2) is 0 Å². The maximum Gasteiger partial charge on any atom is 0.239 e. The van der Waals surface area contributed by atoms with Crippen LogP contribution in [0.2, 0.25) is 0 Å². The highest BCUT2D eigenvalue weighted by molar-refractivity contribution is 6.29. The molecule has 19 heavy (non-hydrogen) atoms. The SMILES string of the molecule is COc1cccc2c1C(=O)C(NC(=O)CCl)=CC2=O. The molecule has 2 rings (SSSR count). The zero-order chi connectivity index (χ0) is 14.0. The van der Waals surface area contributed by atoms with Gasteiger partial charge in [-0.2, -0.15) is 0 Å². The van der Waals surface area contributed by atoms with Gasteiger partial charge in [-0.3, -0.25) is 14.4 Å². The van der Waals surface area contributed by atoms with Crippen LogP contribution in [0.5, 0.6) is 5.75 Å². The van der Waals surface area contributed by atoms with Crippen molar-refractivity contribution >= 4 is 29.1 Å². The third kappa shape index (κ3) is 2.37. The topological polar surface area (TPSA) is 72.5 Å². The van der Waals surface area contributed by atoms with Crippen molar-refractivity contribution in [2.75, 3.05) is 13.0 Å². The molecule has 1 N–H and O–H groups in total. The number of nitrogens with one attached hydrogen (secondary N) is 1. The Labute approximate surface area is 114 Å². The lowest BCUT2D eigenvalue weighted by Gasteiger charge is -2.17. The number of allylic oxidation sites excluding steroid dienone is 2. The molecule has 5 nitrogen and oxygen atoms in total. The lowest BCUT2D eigenvalue weighted by atomic mass is 9.92. The summed E-state index contributed by atoms with van der Waals surface area (Å²) in [6, 6.07) is 4.74. The first-order valence-electron chi connectivity index (χ1n) is 5.42. The third-order valence-corrected chi connectivity index (χ3v) is 2.90. The standard InChI is InChI=1S/C13H10ClNO4/c1-19-10-4-2-3-7-9(16)5-8(13(18)12(7)10)15-11(17)6-14/h2-5H,6H2,1H3,(H,15,17). The maximum absolute atomic E-state index is 12.2. The fraction of sp³-hybridized carbons (Fsp3) is 0.154. The maximum atomic E-state index is 12.2. The molecule has 0 saturated heterocycles. The fourth-order valence-electron chi connectivity index (χ4n) is 1.83. The summed E-state index contributed by atoms with van der Waals surface area (Å²) in [6.07, 6.45) is 1.09. The van der Waals surface area contributed by atoms with Crippen molar-refractivity contribution in [2.45, 2.75) is 0 Å². The Bertz CT molecular complexity index is 607. The van der Waals surface area contributed by atoms with Gasteiger partial charge in [0.1, 0.15) is 11.6 Å². The summed E-state index contributed by atoms with van der Waals surface area (Å²) < 4.78 is 5.07. The summed E-state index contributed by atoms with van der Waals surface area (Å²) in [4.78, 5) is 35.4. The number of carbonyl (C=O) groups is 3. The van der Waals surface area contributed by atoms with E-state index in [0.717, 1.165) is 6.08 Å². The minimum absolute atomic E-state index is 0.0901. The number of fused-ring (bicyclic) bond motifs is 1. The summed E-state index contributed by atoms with van der Waals surface area (Å²) in [6.45, 7) is 0. The lowest BCUT2D eigenvalue weighted by Crippen LogP contribution is -2.32. The molecule has 6 heteroatoms. The molecule has 0 bridgehead atoms. The number of alkyl halides is 1. The molecule has 1 aliphatic rings. The van der Waals surface area contributed by atoms with Crippen LogP contribution in [-0.4, -0.2) is 30.5 Å². The van der Waals surface area contributed by atoms with Crippen LogP contribution in [0, 0.1) is 0 Å². The average Bonchev–Trinajstić information content (AvgIpc) is 2.43. The Hall–Kier alpha value is -2.14. The van der Waals surface area contributed by atoms with Crippen molar-refractivity contribution in [3.8, 4) is 5.75 Å². The number of ether oxygens (including phenoxy) is 1. The van der Waals surface area contributed by atoms with Gasteiger partial charge in [-0.15, -0.1) is 11.6 Å². The molecule has 0 radical (unpaired) electrons. The number of ketones is 2. The summed E-state index contributed by atoms with van der Waals surface area (Å²) in [5.41, 5.74) is 0.322. The van der Waals surface area contributed by atoms with Crippen molar-refractivity contribution < 1.29 is 19.1 Å². The normalized spacial score (nSPS) is 13.7. The highest BCUT2D eigenvalue weighted by atomic mass is 35.5. The highest BCUT2D eigenvalue weighted by Crippen LogP contribution is 2.28. The molecule has 1 aromatic rings. The van der Waals surface area contributed by atoms with Gasteiger partial charge in [-0.1, -0.05) is 12.1 Å². The molecule has 98 valence electrons. The van der Waals surface area contributed by atoms with Gasteiger partial charge in [0.25, 0.3) is 0 Å². The quantitative estimate of drug-likeness (QED) is 0.847. The van der Waals surface area contributed by atoms with E-state index in [1.54, 1.807) is 12.1 Å². The highest BCUT2D eigenvalue weighted by Gasteiger charge is 2.29. The number of hydrogen-bond acceptors (Lipinski definition) is 4. The first-order chi connectivity index (χ1) is 9.08. The van der Waals surface area contributed by atoms with E-state index in [9.17, 15) is 14.4 Å². The zero-order valence-corrected chi connectivity index (χ0v) is 10.8. The van der Waals surface area contributed by atoms with E-state index in [1.807, 2.05) is 0 Å². The number of amides is 1. The van der Waals surface area contributed by atoms with Crippen LogP contribution in [0.25, 0.3) is 0 Å². The van der Waals surface area contributed by atoms with Crippen molar-refractivity contribution in [1.82, 2.24) is 5.32 Å². The van der Waals surface area contributed by atoms with Crippen LogP contribution >= 0.6 is 11.6 Å². The summed E-state index contributed by atoms with van der Waals surface area (Å²) in [5, 5.41) is 2.31. The number of carbonyl (C=O) groups excluding carboxylic acids is 3. The number of benzene rings is 1. The van der Waals surface area contributed by atoms with Crippen LogP contribution in [0.1, 0.15) is 20.7 Å². The molecule has 0 spiro atoms. The van der Waals surface area contributed by atoms with E-state index in [1.165, 1.54) is 13.2 Å². The van der Waals surface area contributed by atoms with Crippen LogP contribution in [-0.2, 0) is 4.79 Å². The molecule has 0 aliphatic heterocycles. The smallest absolute Gasteiger partial charge is 0.239 e. The number of rotatable bonds is 3. The Balaban J connectivity index is 2.48. The van der Waals surface area contributed by atoms with E-state index in [-0.39, 0.29) is 28.5 Å². The van der Waals surface area contributed by atoms with E-state index >= 15 is 0 Å². The number of hydrogen-bond donors (Lipinski definition) is 1. The predicted molar refractivity (Wildman–Crippen MR) is 68.6 cm³/mol. The van der Waals surface area contributed by atoms with Crippen molar-refractivity contribution in [2.24, 2.45) is 0 Å². The molecule has 1 aliphatic carbocycles. The lowest BCUT2D eigenvalue weighted by molar-refractivity contribution is -0.117. The molecule has 0 unspecified atom stereocenters. The molecule has 1 amide bonds. The Morgan fingerprint density at radius 2 is 2.11 bits per heavy atom. The fourth-order valence-corrected chi connectivity index (χ4v) is 1.89. The minimum Gasteiger partial charge on any atom is -0.496 e. The average molecular weight is 280 g/mol. The van der Waals surface area contributed by atoms with Gasteiger partial charge in [0.05, 0.1) is 18.4 Å². The molecule has 0 atom stereocenters. The summed E-state index contributed by atoms with van der Waals surface area (Å²) in [7, 11) is 1.41. The van der Waals surface area contributed by atoms with Gasteiger partial charge in [0.2, 0.25) is 11.7 Å². The largest absolute Gasteiger partial charge is 0.496 e. The van der Waals surface area contributed by atoms with E-state index in [2.05, 4.69) is 5.32 Å². The van der Waals surface area contributed by atoms with Crippen molar-refractivity contribution in [3.05, 3.63) is 41.1 Å². The molecule has 0 saturated carbocycles. The van der Waals surface area contributed by atoms with Gasteiger partial charge in [0, 0.05) is 11.6 Å². The zero-order valence-electron chi connectivity index (χ0n) is 10.0. The van der Waals surface area contributed by atoms with E-state index in [4.69, 9.17) is 16.3 Å². The predicted octanol–water partition coefficient (Wildman–Crippen LogP) is 1.31. The molecule has 0 heterocycles. The van der Waals surface area contributed by atoms with E-state index in [0.29, 0.717) is 5.75 Å². The molecule has 0 aromatic heterocycles. The van der Waals surface area contributed by atoms with Crippen LogP contribution in [0.3, 0.4) is 0 Å². The summed E-state index contributed by atoms with van der Waals surface area (Å²) in [5.74, 6) is -1.38. The molecule has 1 aromatic carbocycles. The van der Waals surface area contributed by atoms with Crippen molar-refractivity contribution in [3.63, 3.8) is 0 Å². The third-order valence-electron chi connectivity index (χ3n) is 2.65. The summed E-state index contributed by atoms with van der Waals surface area (Å²) >= 11 is 5.35. The van der Waals surface area contributed by atoms with Crippen molar-refractivity contribution in [1.29, 1.82) is 0 Å². The monoisotopic (exact) mass is 279 g/mol. The Morgan fingerprint density at radius 1 is 1.37 bits per heavy atom. The minimum atomic E-state index is -0.549. The number of methoxy groups -OCH3 is 1. The van der Waals surface area contributed by atoms with Gasteiger partial charge >= 0.3 is 0 Å². The van der Waals surface area contributed by atoms with Gasteiger partial charge < -0.3 is 10.1 Å². The second-order valence-corrected chi connectivity index (χ2v) is 4.08. The van der Waals surface area contributed by atoms with Crippen LogP contribution in [0.15, 0.2) is 30.0 Å². The Kier molecular flexibility index (Phi) is 3.66. The second-order valence-electron chi connectivity index (χ2n) is 3.82. The Morgan fingerprint density at radius 3 is 2.74 bits per heavy atom. The first-order valence-corrected chi connectivity index (χ1v) is 5.95. The van der Waals surface area contributed by atoms with Crippen LogP contribution in [0.4, 0.5) is 0 Å². The van der Waals surface area contributed by atoms with Crippen LogP contribution < -0.4 is 10.1 Å². The number of Topliss-reactive ketones (excluding diaryl/α,β-unsaturated/α-hetero) is 1. The second kappa shape index (κ2) is 5.24. The first kappa shape index (κ1) is 13.3. The van der Waals surface area contributed by atoms with Gasteiger partial charge in [-0.05, 0) is 6.07 Å². The number of halogens is 1. The van der Waals surface area contributed by atoms with Gasteiger partial charge in [0.15, 0.2) is 5.78 Å². The molecular formula is C13H10ClNO4. The molecular weight excluding hydrogens is 270 g/mol. The van der Waals surface area contributed by atoms with E-state index < -0.39 is 11.7 Å². The molecule has 0 fully saturated rings.